The van der Waals surface area contributed by atoms with Crippen LogP contribution in [0.15, 0.2) is 33.6 Å². The fourth-order valence-corrected chi connectivity index (χ4v) is 2.70. The lowest BCUT2D eigenvalue weighted by molar-refractivity contribution is -0.120. The van der Waals surface area contributed by atoms with Crippen molar-refractivity contribution in [3.8, 4) is 0 Å². The third-order valence-corrected chi connectivity index (χ3v) is 3.82. The molecule has 2 rings (SSSR count). The summed E-state index contributed by atoms with van der Waals surface area (Å²) in [6.45, 7) is 1.79. The van der Waals surface area contributed by atoms with Gasteiger partial charge in [0.15, 0.2) is 0 Å². The van der Waals surface area contributed by atoms with E-state index in [1.54, 1.807) is 25.1 Å². The summed E-state index contributed by atoms with van der Waals surface area (Å²) >= 11 is 0. The Morgan fingerprint density at radius 1 is 1.39 bits per heavy atom. The summed E-state index contributed by atoms with van der Waals surface area (Å²) in [5, 5.41) is 5.46. The summed E-state index contributed by atoms with van der Waals surface area (Å²) in [4.78, 5) is 11.3. The summed E-state index contributed by atoms with van der Waals surface area (Å²) in [6, 6.07) is 6.51. The zero-order chi connectivity index (χ0) is 13.2. The van der Waals surface area contributed by atoms with Crippen molar-refractivity contribution in [1.29, 1.82) is 0 Å². The standard InChI is InChI=1S/C11H13N3O3S/c1-2-11(15)12-7-10-13-8-5-3-4-6-9(8)18(16,17)14-10/h3-6H,2,7H2,1H3,(H,12,15)(H,13,14). The first-order valence-electron chi connectivity index (χ1n) is 5.49. The third-order valence-electron chi connectivity index (χ3n) is 2.45. The van der Waals surface area contributed by atoms with Gasteiger partial charge in [-0.15, -0.1) is 4.40 Å². The second-order valence-electron chi connectivity index (χ2n) is 3.76. The Kier molecular flexibility index (Phi) is 3.33. The first-order chi connectivity index (χ1) is 8.53. The molecule has 0 spiro atoms. The van der Waals surface area contributed by atoms with Gasteiger partial charge in [-0.2, -0.15) is 8.42 Å². The predicted octanol–water partition coefficient (Wildman–Crippen LogP) is 0.725. The number of carbonyl (C=O) groups excluding carboxylic acids is 1. The Hall–Kier alpha value is -1.89. The number of fused-ring (bicyclic) bond motifs is 1. The Bertz CT molecular complexity index is 608. The molecular weight excluding hydrogens is 254 g/mol. The van der Waals surface area contributed by atoms with Crippen molar-refractivity contribution in [2.24, 2.45) is 4.40 Å². The number of rotatable bonds is 3. The number of hydrogen-bond donors (Lipinski definition) is 2. The third kappa shape index (κ3) is 2.51. The maximum absolute atomic E-state index is 11.9. The minimum absolute atomic E-state index is 0.0697. The first kappa shape index (κ1) is 12.6. The average Bonchev–Trinajstić information content (AvgIpc) is 2.35. The Morgan fingerprint density at radius 2 is 2.11 bits per heavy atom. The Morgan fingerprint density at radius 3 is 2.83 bits per heavy atom. The van der Waals surface area contributed by atoms with Crippen LogP contribution in [-0.4, -0.2) is 26.7 Å². The van der Waals surface area contributed by atoms with Gasteiger partial charge in [0.05, 0.1) is 12.2 Å². The molecule has 96 valence electrons. The van der Waals surface area contributed by atoms with Crippen LogP contribution in [0, 0.1) is 0 Å². The molecule has 1 aromatic rings. The molecule has 1 amide bonds. The summed E-state index contributed by atoms with van der Waals surface area (Å²) in [5.74, 6) is 0.0613. The van der Waals surface area contributed by atoms with E-state index in [0.29, 0.717) is 12.1 Å². The van der Waals surface area contributed by atoms with E-state index in [-0.39, 0.29) is 23.2 Å². The lowest BCUT2D eigenvalue weighted by Gasteiger charge is -2.18. The SMILES string of the molecule is CCC(=O)NCC1=NS(=O)(=O)c2ccccc2N1. The van der Waals surface area contributed by atoms with E-state index in [9.17, 15) is 13.2 Å². The van der Waals surface area contributed by atoms with E-state index >= 15 is 0 Å². The number of anilines is 1. The highest BCUT2D eigenvalue weighted by atomic mass is 32.2. The minimum atomic E-state index is -3.67. The zero-order valence-corrected chi connectivity index (χ0v) is 10.6. The molecule has 1 aromatic carbocycles. The van der Waals surface area contributed by atoms with Crippen LogP contribution < -0.4 is 10.6 Å². The van der Waals surface area contributed by atoms with Crippen LogP contribution in [0.2, 0.25) is 0 Å². The molecule has 0 bridgehead atoms. The van der Waals surface area contributed by atoms with E-state index in [4.69, 9.17) is 0 Å². The number of sulfonamides is 1. The summed E-state index contributed by atoms with van der Waals surface area (Å²) in [7, 11) is -3.67. The van der Waals surface area contributed by atoms with E-state index < -0.39 is 10.0 Å². The summed E-state index contributed by atoms with van der Waals surface area (Å²) in [6.07, 6.45) is 0.344. The molecule has 2 N–H and O–H groups in total. The van der Waals surface area contributed by atoms with Gasteiger partial charge in [0.2, 0.25) is 5.91 Å². The molecule has 0 fully saturated rings. The van der Waals surface area contributed by atoms with Crippen LogP contribution in [-0.2, 0) is 14.8 Å². The van der Waals surface area contributed by atoms with E-state index in [0.717, 1.165) is 0 Å². The molecule has 1 heterocycles. The number of para-hydroxylation sites is 1. The lowest BCUT2D eigenvalue weighted by Crippen LogP contribution is -2.35. The van der Waals surface area contributed by atoms with E-state index in [2.05, 4.69) is 15.0 Å². The number of nitrogens with one attached hydrogen (secondary N) is 2. The summed E-state index contributed by atoms with van der Waals surface area (Å²) < 4.78 is 27.3. The van der Waals surface area contributed by atoms with Crippen LogP contribution in [0.4, 0.5) is 5.69 Å². The number of benzene rings is 1. The van der Waals surface area contributed by atoms with Gasteiger partial charge in [0, 0.05) is 6.42 Å². The molecule has 1 aliphatic rings. The smallest absolute Gasteiger partial charge is 0.286 e. The monoisotopic (exact) mass is 267 g/mol. The van der Waals surface area contributed by atoms with Crippen molar-refractivity contribution in [3.63, 3.8) is 0 Å². The van der Waals surface area contributed by atoms with Crippen LogP contribution in [0.3, 0.4) is 0 Å². The van der Waals surface area contributed by atoms with Gasteiger partial charge in [-0.25, -0.2) is 0 Å². The molecule has 18 heavy (non-hydrogen) atoms. The maximum Gasteiger partial charge on any atom is 0.286 e. The maximum atomic E-state index is 11.9. The Balaban J connectivity index is 2.23. The lowest BCUT2D eigenvalue weighted by atomic mass is 10.3. The molecule has 7 heteroatoms. The molecule has 6 nitrogen and oxygen atoms in total. The number of hydrogen-bond acceptors (Lipinski definition) is 4. The highest BCUT2D eigenvalue weighted by Crippen LogP contribution is 2.26. The molecular formula is C11H13N3O3S. The van der Waals surface area contributed by atoms with Crippen molar-refractivity contribution >= 4 is 27.5 Å². The first-order valence-corrected chi connectivity index (χ1v) is 6.93. The minimum Gasteiger partial charge on any atom is -0.349 e. The fourth-order valence-electron chi connectivity index (χ4n) is 1.55. The second-order valence-corrected chi connectivity index (χ2v) is 5.34. The van der Waals surface area contributed by atoms with Crippen molar-refractivity contribution in [3.05, 3.63) is 24.3 Å². The average molecular weight is 267 g/mol. The van der Waals surface area contributed by atoms with Crippen LogP contribution in [0.5, 0.6) is 0 Å². The van der Waals surface area contributed by atoms with Crippen molar-refractivity contribution in [1.82, 2.24) is 5.32 Å². The van der Waals surface area contributed by atoms with Gasteiger partial charge in [-0.05, 0) is 12.1 Å². The van der Waals surface area contributed by atoms with Crippen LogP contribution in [0.1, 0.15) is 13.3 Å². The van der Waals surface area contributed by atoms with Gasteiger partial charge >= 0.3 is 0 Å². The molecule has 0 radical (unpaired) electrons. The number of amides is 1. The molecule has 1 aliphatic heterocycles. The number of amidine groups is 1. The predicted molar refractivity (Wildman–Crippen MR) is 68.0 cm³/mol. The van der Waals surface area contributed by atoms with Gasteiger partial charge in [-0.3, -0.25) is 4.79 Å². The number of nitrogens with zero attached hydrogens (tertiary/aromatic N) is 1. The molecule has 0 atom stereocenters. The van der Waals surface area contributed by atoms with Crippen molar-refractivity contribution < 1.29 is 13.2 Å². The molecule has 0 aromatic heterocycles. The normalized spacial score (nSPS) is 16.2. The van der Waals surface area contributed by atoms with Crippen LogP contribution in [0.25, 0.3) is 0 Å². The zero-order valence-electron chi connectivity index (χ0n) is 9.80. The second kappa shape index (κ2) is 4.77. The highest BCUT2D eigenvalue weighted by Gasteiger charge is 2.24. The van der Waals surface area contributed by atoms with Gasteiger partial charge in [0.25, 0.3) is 10.0 Å². The fraction of sp³-hybridized carbons (Fsp3) is 0.273. The van der Waals surface area contributed by atoms with Gasteiger partial charge in [-0.1, -0.05) is 19.1 Å². The Labute approximate surface area is 105 Å². The van der Waals surface area contributed by atoms with Crippen molar-refractivity contribution in [2.75, 3.05) is 11.9 Å². The van der Waals surface area contributed by atoms with Gasteiger partial charge in [0.1, 0.15) is 10.7 Å². The molecule has 0 saturated carbocycles. The highest BCUT2D eigenvalue weighted by molar-refractivity contribution is 7.90. The van der Waals surface area contributed by atoms with Crippen molar-refractivity contribution in [2.45, 2.75) is 18.2 Å². The molecule has 0 aliphatic carbocycles. The largest absolute Gasteiger partial charge is 0.349 e. The quantitative estimate of drug-likeness (QED) is 0.845. The van der Waals surface area contributed by atoms with Gasteiger partial charge < -0.3 is 10.6 Å². The molecule has 0 saturated heterocycles. The number of carbonyl (C=O) groups is 1. The summed E-state index contributed by atoms with van der Waals surface area (Å²) in [5.41, 5.74) is 0.480. The molecule has 0 unspecified atom stereocenters. The topological polar surface area (TPSA) is 87.6 Å². The van der Waals surface area contributed by atoms with E-state index in [1.165, 1.54) is 6.07 Å². The van der Waals surface area contributed by atoms with Crippen LogP contribution >= 0.6 is 0 Å². The van der Waals surface area contributed by atoms with E-state index in [1.807, 2.05) is 0 Å².